The minimum atomic E-state index is -0.590. The molecule has 0 bridgehead atoms. The van der Waals surface area contributed by atoms with Gasteiger partial charge in [0.15, 0.2) is 0 Å². The summed E-state index contributed by atoms with van der Waals surface area (Å²) >= 11 is 0. The molecule has 0 saturated heterocycles. The standard InChI is InChI=1S/C33H40O5/c1-23(2)32(36)38-17-6-7-29-20-28(13-15-31(29)37-18-16-33(5,21-34)22-35)30-14-12-27(19-25(30)4)26-10-8-24(3)9-11-26/h8-15,19-20,34-35H,1,6-7,16-18,21-22H2,2-5H3. The number of benzene rings is 3. The fourth-order valence-electron chi connectivity index (χ4n) is 4.16. The predicted molar refractivity (Wildman–Crippen MR) is 153 cm³/mol. The Bertz CT molecular complexity index is 1240. The number of hydrogen-bond donors (Lipinski definition) is 2. The molecule has 0 heterocycles. The van der Waals surface area contributed by atoms with Crippen LogP contribution in [0.3, 0.4) is 0 Å². The first kappa shape index (κ1) is 29.2. The highest BCUT2D eigenvalue weighted by molar-refractivity contribution is 5.86. The molecule has 202 valence electrons. The molecule has 0 fully saturated rings. The Hall–Kier alpha value is -3.41. The van der Waals surface area contributed by atoms with Crippen LogP contribution in [0.25, 0.3) is 22.3 Å². The molecule has 5 heteroatoms. The van der Waals surface area contributed by atoms with Crippen LogP contribution >= 0.6 is 0 Å². The minimum Gasteiger partial charge on any atom is -0.493 e. The Morgan fingerprint density at radius 2 is 1.55 bits per heavy atom. The van der Waals surface area contributed by atoms with Crippen LogP contribution in [-0.2, 0) is 16.0 Å². The molecular weight excluding hydrogens is 476 g/mol. The van der Waals surface area contributed by atoms with E-state index in [0.717, 1.165) is 22.4 Å². The number of aliphatic hydroxyl groups is 2. The van der Waals surface area contributed by atoms with Crippen LogP contribution in [0.1, 0.15) is 43.4 Å². The van der Waals surface area contributed by atoms with Crippen molar-refractivity contribution in [2.45, 2.75) is 47.0 Å². The van der Waals surface area contributed by atoms with E-state index in [4.69, 9.17) is 9.47 Å². The molecule has 3 aromatic carbocycles. The lowest BCUT2D eigenvalue weighted by atomic mass is 9.89. The zero-order valence-corrected chi connectivity index (χ0v) is 23.0. The molecule has 2 N–H and O–H groups in total. The van der Waals surface area contributed by atoms with Gasteiger partial charge in [-0.15, -0.1) is 0 Å². The normalized spacial score (nSPS) is 11.3. The quantitative estimate of drug-likeness (QED) is 0.155. The van der Waals surface area contributed by atoms with E-state index in [2.05, 4.69) is 75.0 Å². The van der Waals surface area contributed by atoms with Crippen molar-refractivity contribution in [3.8, 4) is 28.0 Å². The molecule has 0 atom stereocenters. The topological polar surface area (TPSA) is 76.0 Å². The van der Waals surface area contributed by atoms with Gasteiger partial charge in [-0.05, 0) is 85.5 Å². The molecule has 38 heavy (non-hydrogen) atoms. The zero-order chi connectivity index (χ0) is 27.7. The molecule has 0 aliphatic carbocycles. The van der Waals surface area contributed by atoms with Gasteiger partial charge in [-0.1, -0.05) is 67.6 Å². The number of hydrogen-bond acceptors (Lipinski definition) is 5. The molecule has 3 rings (SSSR count). The van der Waals surface area contributed by atoms with Crippen LogP contribution in [-0.4, -0.2) is 42.6 Å². The molecule has 0 aliphatic rings. The minimum absolute atomic E-state index is 0.107. The highest BCUT2D eigenvalue weighted by atomic mass is 16.5. The third-order valence-electron chi connectivity index (χ3n) is 6.88. The molecule has 0 radical (unpaired) electrons. The number of carbonyl (C=O) groups excluding carboxylic acids is 1. The maximum Gasteiger partial charge on any atom is 0.333 e. The summed E-state index contributed by atoms with van der Waals surface area (Å²) in [5.74, 6) is 0.374. The lowest BCUT2D eigenvalue weighted by molar-refractivity contribution is -0.139. The van der Waals surface area contributed by atoms with E-state index in [9.17, 15) is 15.0 Å². The van der Waals surface area contributed by atoms with Crippen LogP contribution in [0.15, 0.2) is 72.8 Å². The van der Waals surface area contributed by atoms with Crippen molar-refractivity contribution in [2.75, 3.05) is 26.4 Å². The van der Waals surface area contributed by atoms with Gasteiger partial charge in [-0.25, -0.2) is 4.79 Å². The SMILES string of the molecule is C=C(C)C(=O)OCCCc1cc(-c2ccc(-c3ccc(C)cc3)cc2C)ccc1OCCC(C)(CO)CO. The molecule has 0 aromatic heterocycles. The lowest BCUT2D eigenvalue weighted by Crippen LogP contribution is -2.28. The molecule has 0 aliphatic heterocycles. The van der Waals surface area contributed by atoms with Crippen LogP contribution < -0.4 is 4.74 Å². The third-order valence-corrected chi connectivity index (χ3v) is 6.88. The summed E-state index contributed by atoms with van der Waals surface area (Å²) in [7, 11) is 0. The maximum atomic E-state index is 11.7. The van der Waals surface area contributed by atoms with Gasteiger partial charge in [0.25, 0.3) is 0 Å². The molecule has 5 nitrogen and oxygen atoms in total. The number of aryl methyl sites for hydroxylation is 3. The number of rotatable bonds is 13. The fourth-order valence-corrected chi connectivity index (χ4v) is 4.16. The van der Waals surface area contributed by atoms with Crippen molar-refractivity contribution < 1.29 is 24.5 Å². The monoisotopic (exact) mass is 516 g/mol. The summed E-state index contributed by atoms with van der Waals surface area (Å²) in [4.78, 5) is 11.7. The van der Waals surface area contributed by atoms with Crippen molar-refractivity contribution in [2.24, 2.45) is 5.41 Å². The summed E-state index contributed by atoms with van der Waals surface area (Å²) in [6, 6.07) is 21.2. The fraction of sp³-hybridized carbons (Fsp3) is 0.364. The van der Waals surface area contributed by atoms with E-state index in [0.29, 0.717) is 38.0 Å². The van der Waals surface area contributed by atoms with Gasteiger partial charge in [-0.3, -0.25) is 0 Å². The van der Waals surface area contributed by atoms with E-state index in [1.807, 2.05) is 13.0 Å². The Labute approximate surface area is 226 Å². The average molecular weight is 517 g/mol. The van der Waals surface area contributed by atoms with Gasteiger partial charge in [0.1, 0.15) is 5.75 Å². The van der Waals surface area contributed by atoms with Gasteiger partial charge in [-0.2, -0.15) is 0 Å². The highest BCUT2D eigenvalue weighted by Crippen LogP contribution is 2.33. The predicted octanol–water partition coefficient (Wildman–Crippen LogP) is 6.45. The van der Waals surface area contributed by atoms with Crippen LogP contribution in [0.4, 0.5) is 0 Å². The number of carbonyl (C=O) groups is 1. The maximum absolute atomic E-state index is 11.7. The molecule has 0 amide bonds. The smallest absolute Gasteiger partial charge is 0.333 e. The largest absolute Gasteiger partial charge is 0.493 e. The Morgan fingerprint density at radius 3 is 2.18 bits per heavy atom. The summed E-state index contributed by atoms with van der Waals surface area (Å²) in [5.41, 5.74) is 7.85. The highest BCUT2D eigenvalue weighted by Gasteiger charge is 2.22. The molecule has 0 unspecified atom stereocenters. The Kier molecular flexibility index (Phi) is 10.3. The van der Waals surface area contributed by atoms with Crippen molar-refractivity contribution in [1.82, 2.24) is 0 Å². The second-order valence-electron chi connectivity index (χ2n) is 10.5. The van der Waals surface area contributed by atoms with E-state index < -0.39 is 5.41 Å². The lowest BCUT2D eigenvalue weighted by Gasteiger charge is -2.24. The van der Waals surface area contributed by atoms with Gasteiger partial charge >= 0.3 is 5.97 Å². The van der Waals surface area contributed by atoms with E-state index in [-0.39, 0.29) is 19.2 Å². The second-order valence-corrected chi connectivity index (χ2v) is 10.5. The van der Waals surface area contributed by atoms with E-state index in [1.165, 1.54) is 22.3 Å². The first-order chi connectivity index (χ1) is 18.2. The van der Waals surface area contributed by atoms with Crippen LogP contribution in [0, 0.1) is 19.3 Å². The first-order valence-electron chi connectivity index (χ1n) is 13.1. The van der Waals surface area contributed by atoms with E-state index in [1.54, 1.807) is 6.92 Å². The van der Waals surface area contributed by atoms with Crippen molar-refractivity contribution in [1.29, 1.82) is 0 Å². The Balaban J connectivity index is 1.82. The molecule has 0 saturated carbocycles. The molecule has 0 spiro atoms. The number of esters is 1. The second kappa shape index (κ2) is 13.4. The third kappa shape index (κ3) is 7.80. The summed E-state index contributed by atoms with van der Waals surface area (Å²) in [5, 5.41) is 19.2. The number of ether oxygens (including phenoxy) is 2. The van der Waals surface area contributed by atoms with Crippen LogP contribution in [0.2, 0.25) is 0 Å². The number of aliphatic hydroxyl groups excluding tert-OH is 2. The van der Waals surface area contributed by atoms with Crippen molar-refractivity contribution in [3.63, 3.8) is 0 Å². The van der Waals surface area contributed by atoms with Gasteiger partial charge < -0.3 is 19.7 Å². The zero-order valence-electron chi connectivity index (χ0n) is 23.0. The average Bonchev–Trinajstić information content (AvgIpc) is 2.91. The van der Waals surface area contributed by atoms with E-state index >= 15 is 0 Å². The Morgan fingerprint density at radius 1 is 0.895 bits per heavy atom. The first-order valence-corrected chi connectivity index (χ1v) is 13.1. The summed E-state index contributed by atoms with van der Waals surface area (Å²) < 4.78 is 11.4. The van der Waals surface area contributed by atoms with Crippen molar-refractivity contribution >= 4 is 5.97 Å². The van der Waals surface area contributed by atoms with Crippen LogP contribution in [0.5, 0.6) is 5.75 Å². The van der Waals surface area contributed by atoms with Crippen molar-refractivity contribution in [3.05, 3.63) is 89.5 Å². The molecule has 3 aromatic rings. The molecular formula is C33H40O5. The summed E-state index contributed by atoms with van der Waals surface area (Å²) in [6.45, 7) is 11.8. The van der Waals surface area contributed by atoms with Gasteiger partial charge in [0.05, 0.1) is 26.4 Å². The van der Waals surface area contributed by atoms with Gasteiger partial charge in [0, 0.05) is 11.0 Å². The van der Waals surface area contributed by atoms with Gasteiger partial charge in [0.2, 0.25) is 0 Å². The summed E-state index contributed by atoms with van der Waals surface area (Å²) in [6.07, 6.45) is 1.84.